The number of methoxy groups -OCH3 is 2. The van der Waals surface area contributed by atoms with E-state index in [2.05, 4.69) is 68.1 Å². The average Bonchev–Trinajstić information content (AvgIpc) is 4.10. The molecule has 310 valence electrons. The zero-order chi connectivity index (χ0) is 41.6. The molecule has 3 aliphatic rings. The van der Waals surface area contributed by atoms with Crippen LogP contribution in [0.1, 0.15) is 77.5 Å². The van der Waals surface area contributed by atoms with Crippen molar-refractivity contribution in [1.82, 2.24) is 45.4 Å². The van der Waals surface area contributed by atoms with Gasteiger partial charge in [-0.2, -0.15) is 0 Å². The van der Waals surface area contributed by atoms with Gasteiger partial charge in [-0.3, -0.25) is 9.59 Å². The van der Waals surface area contributed by atoms with E-state index in [9.17, 15) is 19.2 Å². The second kappa shape index (κ2) is 15.9. The minimum Gasteiger partial charge on any atom is -0.453 e. The molecule has 0 radical (unpaired) electrons. The average molecular weight is 804 g/mol. The predicted molar refractivity (Wildman–Crippen MR) is 222 cm³/mol. The number of ether oxygens (including phenoxy) is 2. The van der Waals surface area contributed by atoms with Crippen molar-refractivity contribution in [3.63, 3.8) is 0 Å². The smallest absolute Gasteiger partial charge is 0.407 e. The van der Waals surface area contributed by atoms with Crippen molar-refractivity contribution < 1.29 is 28.7 Å². The summed E-state index contributed by atoms with van der Waals surface area (Å²) in [5, 5.41) is 6.52. The number of benzene rings is 2. The van der Waals surface area contributed by atoms with Gasteiger partial charge >= 0.3 is 12.2 Å². The van der Waals surface area contributed by atoms with Crippen LogP contribution in [0.3, 0.4) is 0 Å². The Kier molecular flexibility index (Phi) is 10.7. The van der Waals surface area contributed by atoms with Gasteiger partial charge in [0.25, 0.3) is 0 Å². The number of aromatic nitrogens is 5. The van der Waals surface area contributed by atoms with Crippen LogP contribution in [0.25, 0.3) is 44.5 Å². The third kappa shape index (κ3) is 7.20. The molecule has 59 heavy (non-hydrogen) atoms. The molecular formula is C44H53N9O6. The van der Waals surface area contributed by atoms with Crippen LogP contribution in [0.15, 0.2) is 61.1 Å². The van der Waals surface area contributed by atoms with Crippen LogP contribution in [0.2, 0.25) is 0 Å². The normalized spacial score (nSPS) is 21.0. The van der Waals surface area contributed by atoms with E-state index in [-0.39, 0.29) is 29.7 Å². The molecule has 15 nitrogen and oxygen atoms in total. The summed E-state index contributed by atoms with van der Waals surface area (Å²) >= 11 is 0. The first-order chi connectivity index (χ1) is 28.4. The molecule has 2 aliphatic heterocycles. The summed E-state index contributed by atoms with van der Waals surface area (Å²) < 4.78 is 9.61. The van der Waals surface area contributed by atoms with Crippen molar-refractivity contribution in [3.05, 3.63) is 72.7 Å². The van der Waals surface area contributed by atoms with E-state index < -0.39 is 29.8 Å². The van der Waals surface area contributed by atoms with E-state index in [0.29, 0.717) is 24.8 Å². The second-order valence-corrected chi connectivity index (χ2v) is 16.8. The van der Waals surface area contributed by atoms with Gasteiger partial charge in [-0.05, 0) is 73.1 Å². The summed E-state index contributed by atoms with van der Waals surface area (Å²) in [5.74, 6) is 1.39. The topological polar surface area (TPSA) is 190 Å². The van der Waals surface area contributed by atoms with Crippen LogP contribution in [0, 0.1) is 17.8 Å². The number of carbonyl (C=O) groups excluding carboxylic acids is 4. The lowest BCUT2D eigenvalue weighted by Crippen LogP contribution is -2.56. The molecule has 1 saturated carbocycles. The second-order valence-electron chi connectivity index (χ2n) is 16.8. The fourth-order valence-electron chi connectivity index (χ4n) is 9.46. The van der Waals surface area contributed by atoms with E-state index >= 15 is 0 Å². The number of rotatable bonds is 11. The maximum atomic E-state index is 14.0. The van der Waals surface area contributed by atoms with Crippen molar-refractivity contribution in [2.45, 2.75) is 83.5 Å². The van der Waals surface area contributed by atoms with Crippen LogP contribution in [0.4, 0.5) is 9.59 Å². The molecule has 3 aromatic heterocycles. The van der Waals surface area contributed by atoms with Gasteiger partial charge in [0.1, 0.15) is 29.3 Å². The van der Waals surface area contributed by atoms with Gasteiger partial charge in [0, 0.05) is 48.2 Å². The van der Waals surface area contributed by atoms with Gasteiger partial charge in [0.2, 0.25) is 11.8 Å². The van der Waals surface area contributed by atoms with Crippen LogP contribution in [-0.2, 0) is 24.6 Å². The minimum atomic E-state index is -0.703. The maximum Gasteiger partial charge on any atom is 0.407 e. The number of amides is 4. The van der Waals surface area contributed by atoms with Gasteiger partial charge in [0.15, 0.2) is 0 Å². The minimum absolute atomic E-state index is 0.108. The number of imidazole rings is 2. The molecule has 2 saturated heterocycles. The van der Waals surface area contributed by atoms with Gasteiger partial charge in [0.05, 0.1) is 37.2 Å². The van der Waals surface area contributed by atoms with Gasteiger partial charge in [-0.25, -0.2) is 19.6 Å². The summed E-state index contributed by atoms with van der Waals surface area (Å²) in [6.07, 6.45) is 8.77. The fourth-order valence-corrected chi connectivity index (χ4v) is 9.46. The molecule has 3 fully saturated rings. The molecule has 0 spiro atoms. The van der Waals surface area contributed by atoms with Crippen molar-refractivity contribution in [2.75, 3.05) is 27.3 Å². The van der Waals surface area contributed by atoms with E-state index in [0.717, 1.165) is 82.5 Å². The van der Waals surface area contributed by atoms with Crippen LogP contribution in [0.5, 0.6) is 0 Å². The van der Waals surface area contributed by atoms with Gasteiger partial charge in [-0.1, -0.05) is 58.0 Å². The summed E-state index contributed by atoms with van der Waals surface area (Å²) in [7, 11) is 2.59. The Balaban J connectivity index is 1.00. The van der Waals surface area contributed by atoms with Crippen LogP contribution in [-0.4, -0.2) is 98.1 Å². The summed E-state index contributed by atoms with van der Waals surface area (Å²) in [6.45, 7) is 8.87. The molecule has 8 rings (SSSR count). The molecule has 2 aromatic carbocycles. The van der Waals surface area contributed by atoms with Crippen molar-refractivity contribution in [3.8, 4) is 33.6 Å². The summed E-state index contributed by atoms with van der Waals surface area (Å²) in [4.78, 5) is 75.9. The standard InChI is InChI=1S/C44H53N9O6/c1-24(2)35(50-42(56)58-5)39(54)52-19-7-8-34(52)38-46-22-33(48-38)31-14-13-29(30-16-18-45-37(30)31)27-9-11-28(12-10-27)32-21-47-41(49-32)44-17-15-26(20-44)23-53(44)40(55)36(25(3)4)51-43(57)59-6/h9-14,16,18,21-22,24-26,34-36,45H,7-8,15,17,19-20,23H2,1-6H3,(H,46,48)(H,47,49)(H,50,56)(H,51,57)/t26?,34-,35+,36-,44?/m0/s1. The predicted octanol–water partition coefficient (Wildman–Crippen LogP) is 6.88. The summed E-state index contributed by atoms with van der Waals surface area (Å²) in [6, 6.07) is 13.0. The number of carbonyl (C=O) groups is 4. The number of fused-ring (bicyclic) bond motifs is 3. The highest BCUT2D eigenvalue weighted by Gasteiger charge is 2.56. The molecule has 5 atom stereocenters. The molecule has 2 bridgehead atoms. The molecule has 1 aliphatic carbocycles. The number of aromatic amines is 3. The number of nitrogens with one attached hydrogen (secondary N) is 5. The lowest BCUT2D eigenvalue weighted by molar-refractivity contribution is -0.140. The number of H-pyrrole nitrogens is 3. The number of hydrogen-bond acceptors (Lipinski definition) is 8. The van der Waals surface area contributed by atoms with Crippen molar-refractivity contribution >= 4 is 34.9 Å². The highest BCUT2D eigenvalue weighted by atomic mass is 16.5. The van der Waals surface area contributed by atoms with Gasteiger partial charge < -0.3 is 44.9 Å². The van der Waals surface area contributed by atoms with E-state index in [1.165, 1.54) is 14.2 Å². The first kappa shape index (κ1) is 39.7. The highest BCUT2D eigenvalue weighted by molar-refractivity contribution is 6.02. The molecular weight excluding hydrogens is 751 g/mol. The molecule has 2 unspecified atom stereocenters. The first-order valence-corrected chi connectivity index (χ1v) is 20.6. The molecule has 15 heteroatoms. The Hall–Kier alpha value is -6.12. The Morgan fingerprint density at radius 2 is 1.44 bits per heavy atom. The lowest BCUT2D eigenvalue weighted by Gasteiger charge is -2.40. The van der Waals surface area contributed by atoms with Gasteiger partial charge in [-0.15, -0.1) is 0 Å². The zero-order valence-corrected chi connectivity index (χ0v) is 34.4. The molecule has 4 amide bonds. The van der Waals surface area contributed by atoms with Crippen molar-refractivity contribution in [1.29, 1.82) is 0 Å². The molecule has 5 N–H and O–H groups in total. The lowest BCUT2D eigenvalue weighted by atomic mass is 9.93. The zero-order valence-electron chi connectivity index (χ0n) is 34.4. The SMILES string of the molecule is COC(=O)N[C@H](C(=O)N1CC2CCC1(c1nc(-c3ccc(-c4ccc(-c5c[nH]c([C@@H]6CCCN6C(=O)[C@H](NC(=O)OC)C(C)C)n5)c5[nH]ccc45)cc3)c[nH]1)C2)C(C)C. The largest absolute Gasteiger partial charge is 0.453 e. The Morgan fingerprint density at radius 1 is 0.780 bits per heavy atom. The monoisotopic (exact) mass is 803 g/mol. The van der Waals surface area contributed by atoms with Crippen molar-refractivity contribution in [2.24, 2.45) is 17.8 Å². The third-order valence-corrected chi connectivity index (χ3v) is 12.6. The van der Waals surface area contributed by atoms with Crippen LogP contribution < -0.4 is 10.6 Å². The first-order valence-electron chi connectivity index (χ1n) is 20.6. The Labute approximate surface area is 343 Å². The Bertz CT molecular complexity index is 2360. The highest BCUT2D eigenvalue weighted by Crippen LogP contribution is 2.52. The summed E-state index contributed by atoms with van der Waals surface area (Å²) in [5.41, 5.74) is 5.99. The quantitative estimate of drug-likeness (QED) is 0.0955. The van der Waals surface area contributed by atoms with E-state index in [1.54, 1.807) is 0 Å². The van der Waals surface area contributed by atoms with E-state index in [4.69, 9.17) is 19.4 Å². The fraction of sp³-hybridized carbons (Fsp3) is 0.455. The maximum absolute atomic E-state index is 14.0. The van der Waals surface area contributed by atoms with Crippen LogP contribution >= 0.6 is 0 Å². The Morgan fingerprint density at radius 3 is 2.12 bits per heavy atom. The number of likely N-dealkylation sites (tertiary alicyclic amines) is 2. The third-order valence-electron chi connectivity index (χ3n) is 12.6. The number of nitrogens with zero attached hydrogens (tertiary/aromatic N) is 4. The number of alkyl carbamates (subject to hydrolysis) is 2. The molecule has 5 heterocycles. The number of piperidine rings is 1. The molecule has 5 aromatic rings. The van der Waals surface area contributed by atoms with E-state index in [1.807, 2.05) is 56.1 Å². The number of hydrogen-bond donors (Lipinski definition) is 5.